The molecule has 3 aromatic rings. The highest BCUT2D eigenvalue weighted by atomic mass is 19.4. The Morgan fingerprint density at radius 1 is 1.09 bits per heavy atom. The van der Waals surface area contributed by atoms with Crippen LogP contribution in [0.1, 0.15) is 42.4 Å². The van der Waals surface area contributed by atoms with Crippen molar-refractivity contribution < 1.29 is 27.5 Å². The molecule has 0 saturated carbocycles. The number of nitrogens with zero attached hydrogens (tertiary/aromatic N) is 5. The second kappa shape index (κ2) is 9.65. The fourth-order valence-corrected chi connectivity index (χ4v) is 3.71. The Labute approximate surface area is 192 Å². The zero-order chi connectivity index (χ0) is 24.3. The normalized spacial score (nSPS) is 14.9. The number of carbonyl (C=O) groups excluding carboxylic acids is 2. The molecule has 1 saturated heterocycles. The lowest BCUT2D eigenvalue weighted by Crippen LogP contribution is -2.38. The highest BCUT2D eigenvalue weighted by molar-refractivity contribution is 5.94. The van der Waals surface area contributed by atoms with Gasteiger partial charge in [0.2, 0.25) is 5.91 Å². The van der Waals surface area contributed by atoms with E-state index in [1.165, 1.54) is 6.07 Å². The maximum absolute atomic E-state index is 13.1. The lowest BCUT2D eigenvalue weighted by molar-refractivity contribution is -0.146. The van der Waals surface area contributed by atoms with Crippen LogP contribution in [0.15, 0.2) is 36.4 Å². The van der Waals surface area contributed by atoms with Crippen LogP contribution in [0.4, 0.5) is 24.7 Å². The lowest BCUT2D eigenvalue weighted by atomic mass is 9.95. The Hall–Kier alpha value is -3.70. The minimum atomic E-state index is -4.66. The van der Waals surface area contributed by atoms with E-state index in [-0.39, 0.29) is 17.5 Å². The van der Waals surface area contributed by atoms with E-state index in [1.54, 1.807) is 30.3 Å². The summed E-state index contributed by atoms with van der Waals surface area (Å²) >= 11 is 0. The van der Waals surface area contributed by atoms with Crippen molar-refractivity contribution in [2.24, 2.45) is 5.92 Å². The van der Waals surface area contributed by atoms with Gasteiger partial charge in [0.15, 0.2) is 5.65 Å². The quantitative estimate of drug-likeness (QED) is 0.543. The first kappa shape index (κ1) is 23.5. The minimum absolute atomic E-state index is 0.00924. The Bertz CT molecular complexity index is 1170. The van der Waals surface area contributed by atoms with Crippen LogP contribution in [-0.4, -0.2) is 51.4 Å². The predicted octanol–water partition coefficient (Wildman–Crippen LogP) is 3.57. The van der Waals surface area contributed by atoms with Crippen LogP contribution in [0, 0.1) is 5.92 Å². The number of piperidine rings is 1. The maximum atomic E-state index is 13.1. The van der Waals surface area contributed by atoms with Crippen molar-refractivity contribution in [3.63, 3.8) is 0 Å². The number of carbonyl (C=O) groups is 2. The van der Waals surface area contributed by atoms with E-state index in [4.69, 9.17) is 4.74 Å². The molecule has 34 heavy (non-hydrogen) atoms. The number of ether oxygens (including phenoxy) is 1. The molecule has 0 spiro atoms. The van der Waals surface area contributed by atoms with Gasteiger partial charge in [0, 0.05) is 24.7 Å². The van der Waals surface area contributed by atoms with E-state index < -0.39 is 18.0 Å². The summed E-state index contributed by atoms with van der Waals surface area (Å²) in [7, 11) is 0. The van der Waals surface area contributed by atoms with Crippen LogP contribution in [0.25, 0.3) is 5.65 Å². The highest BCUT2D eigenvalue weighted by Crippen LogP contribution is 2.29. The van der Waals surface area contributed by atoms with E-state index >= 15 is 0 Å². The standard InChI is InChI=1S/C22H23F3N6O3/c1-2-13-34-20(33)15-3-5-16(6-4-15)26-19(32)14-9-11-30(12-10-14)18-8-7-17-27-28-21(22(23,24)25)31(17)29-18/h3-8,14H,2,9-13H2,1H3,(H,26,32). The van der Waals surface area contributed by atoms with E-state index in [9.17, 15) is 22.8 Å². The summed E-state index contributed by atoms with van der Waals surface area (Å²) in [6, 6.07) is 9.51. The maximum Gasteiger partial charge on any atom is 0.453 e. The smallest absolute Gasteiger partial charge is 0.453 e. The van der Waals surface area contributed by atoms with Crippen molar-refractivity contribution in [2.45, 2.75) is 32.4 Å². The summed E-state index contributed by atoms with van der Waals surface area (Å²) in [4.78, 5) is 26.4. The molecule has 0 aliphatic carbocycles. The van der Waals surface area contributed by atoms with Gasteiger partial charge >= 0.3 is 12.1 Å². The Balaban J connectivity index is 1.35. The third kappa shape index (κ3) is 5.10. The number of rotatable bonds is 6. The molecular formula is C22H23F3N6O3. The second-order valence-corrected chi connectivity index (χ2v) is 7.95. The Kier molecular flexibility index (Phi) is 6.66. The van der Waals surface area contributed by atoms with Gasteiger partial charge in [0.25, 0.3) is 5.82 Å². The molecule has 2 aromatic heterocycles. The van der Waals surface area contributed by atoms with Gasteiger partial charge in [-0.25, -0.2) is 4.79 Å². The molecule has 1 aliphatic rings. The van der Waals surface area contributed by atoms with Gasteiger partial charge in [-0.1, -0.05) is 6.92 Å². The van der Waals surface area contributed by atoms with Crippen molar-refractivity contribution in [3.8, 4) is 0 Å². The molecule has 1 amide bonds. The van der Waals surface area contributed by atoms with E-state index in [1.807, 2.05) is 11.8 Å². The van der Waals surface area contributed by atoms with Gasteiger partial charge < -0.3 is 15.0 Å². The molecule has 0 atom stereocenters. The first-order valence-electron chi connectivity index (χ1n) is 10.9. The molecule has 1 aliphatic heterocycles. The number of hydrogen-bond acceptors (Lipinski definition) is 7. The van der Waals surface area contributed by atoms with Gasteiger partial charge in [0.1, 0.15) is 5.82 Å². The number of halogens is 3. The third-order valence-electron chi connectivity index (χ3n) is 5.52. The van der Waals surface area contributed by atoms with Crippen LogP contribution in [-0.2, 0) is 15.7 Å². The SMILES string of the molecule is CCCOC(=O)c1ccc(NC(=O)C2CCN(c3ccc4nnc(C(F)(F)F)n4n3)CC2)cc1. The zero-order valence-electron chi connectivity index (χ0n) is 18.4. The molecule has 4 rings (SSSR count). The van der Waals surface area contributed by atoms with Crippen LogP contribution < -0.4 is 10.2 Å². The van der Waals surface area contributed by atoms with E-state index in [2.05, 4.69) is 20.6 Å². The summed E-state index contributed by atoms with van der Waals surface area (Å²) in [5, 5.41) is 13.6. The van der Waals surface area contributed by atoms with Crippen LogP contribution >= 0.6 is 0 Å². The van der Waals surface area contributed by atoms with E-state index in [0.717, 1.165) is 6.42 Å². The number of nitrogens with one attached hydrogen (secondary N) is 1. The number of fused-ring (bicyclic) bond motifs is 1. The van der Waals surface area contributed by atoms with Crippen molar-refractivity contribution >= 4 is 29.0 Å². The number of amides is 1. The number of aromatic nitrogens is 4. The monoisotopic (exact) mass is 476 g/mol. The minimum Gasteiger partial charge on any atom is -0.462 e. The zero-order valence-corrected chi connectivity index (χ0v) is 18.4. The second-order valence-electron chi connectivity index (χ2n) is 7.95. The van der Waals surface area contributed by atoms with Crippen molar-refractivity contribution in [3.05, 3.63) is 47.8 Å². The van der Waals surface area contributed by atoms with Crippen molar-refractivity contribution in [1.82, 2.24) is 19.8 Å². The first-order chi connectivity index (χ1) is 16.3. The van der Waals surface area contributed by atoms with Crippen LogP contribution in [0.2, 0.25) is 0 Å². The van der Waals surface area contributed by atoms with Crippen LogP contribution in [0.5, 0.6) is 0 Å². The average Bonchev–Trinajstić information content (AvgIpc) is 3.27. The number of alkyl halides is 3. The van der Waals surface area contributed by atoms with Crippen molar-refractivity contribution in [1.29, 1.82) is 0 Å². The van der Waals surface area contributed by atoms with Crippen molar-refractivity contribution in [2.75, 3.05) is 29.9 Å². The molecule has 12 heteroatoms. The number of benzene rings is 1. The van der Waals surface area contributed by atoms with Gasteiger partial charge in [-0.15, -0.1) is 15.3 Å². The molecule has 0 unspecified atom stereocenters. The van der Waals surface area contributed by atoms with Gasteiger partial charge in [-0.3, -0.25) is 4.79 Å². The molecular weight excluding hydrogens is 453 g/mol. The molecule has 1 N–H and O–H groups in total. The Morgan fingerprint density at radius 2 is 1.79 bits per heavy atom. The highest BCUT2D eigenvalue weighted by Gasteiger charge is 2.38. The molecule has 1 aromatic carbocycles. The summed E-state index contributed by atoms with van der Waals surface area (Å²) in [6.45, 7) is 3.18. The molecule has 9 nitrogen and oxygen atoms in total. The summed E-state index contributed by atoms with van der Waals surface area (Å²) in [5.74, 6) is -1.63. The van der Waals surface area contributed by atoms with Gasteiger partial charge in [-0.05, 0) is 55.7 Å². The number of esters is 1. The summed E-state index contributed by atoms with van der Waals surface area (Å²) in [5.41, 5.74) is 0.986. The van der Waals surface area contributed by atoms with Gasteiger partial charge in [0.05, 0.1) is 12.2 Å². The fraction of sp³-hybridized carbons (Fsp3) is 0.409. The Morgan fingerprint density at radius 3 is 2.44 bits per heavy atom. The third-order valence-corrected chi connectivity index (χ3v) is 5.52. The van der Waals surface area contributed by atoms with Crippen LogP contribution in [0.3, 0.4) is 0 Å². The summed E-state index contributed by atoms with van der Waals surface area (Å²) < 4.78 is 45.1. The fourth-order valence-electron chi connectivity index (χ4n) is 3.71. The molecule has 180 valence electrons. The van der Waals surface area contributed by atoms with Gasteiger partial charge in [-0.2, -0.15) is 17.7 Å². The molecule has 3 heterocycles. The largest absolute Gasteiger partial charge is 0.462 e. The number of anilines is 2. The average molecular weight is 476 g/mol. The lowest BCUT2D eigenvalue weighted by Gasteiger charge is -2.32. The molecule has 1 fully saturated rings. The molecule has 0 bridgehead atoms. The molecule has 0 radical (unpaired) electrons. The summed E-state index contributed by atoms with van der Waals surface area (Å²) in [6.07, 6.45) is -2.90. The predicted molar refractivity (Wildman–Crippen MR) is 116 cm³/mol. The van der Waals surface area contributed by atoms with E-state index in [0.29, 0.717) is 54.1 Å². The first-order valence-corrected chi connectivity index (χ1v) is 10.9. The number of hydrogen-bond donors (Lipinski definition) is 1. The topological polar surface area (TPSA) is 102 Å².